The van der Waals surface area contributed by atoms with Crippen LogP contribution in [-0.2, 0) is 0 Å². The normalized spacial score (nSPS) is 13.9. The first-order valence-corrected chi connectivity index (χ1v) is 9.72. The van der Waals surface area contributed by atoms with Crippen molar-refractivity contribution in [2.24, 2.45) is 0 Å². The fourth-order valence-corrected chi connectivity index (χ4v) is 3.25. The van der Waals surface area contributed by atoms with Crippen molar-refractivity contribution in [1.82, 2.24) is 0 Å². The molecule has 0 aliphatic carbocycles. The molecule has 1 aliphatic rings. The van der Waals surface area contributed by atoms with Crippen LogP contribution in [-0.4, -0.2) is 18.9 Å². The first-order chi connectivity index (χ1) is 15.0. The van der Waals surface area contributed by atoms with Crippen molar-refractivity contribution in [3.05, 3.63) is 107 Å². The summed E-state index contributed by atoms with van der Waals surface area (Å²) in [7, 11) is 1.56. The molecule has 5 heteroatoms. The van der Waals surface area contributed by atoms with Gasteiger partial charge in [0.05, 0.1) is 18.2 Å². The smallest absolute Gasteiger partial charge is 0.343 e. The molecular weight excluding hydrogens is 392 g/mol. The number of ether oxygens (including phenoxy) is 3. The predicted octanol–water partition coefficient (Wildman–Crippen LogP) is 5.40. The van der Waals surface area contributed by atoms with Crippen molar-refractivity contribution in [2.45, 2.75) is 6.92 Å². The number of hydrogen-bond donors (Lipinski definition) is 0. The Morgan fingerprint density at radius 3 is 2.42 bits per heavy atom. The molecule has 0 unspecified atom stereocenters. The van der Waals surface area contributed by atoms with Crippen molar-refractivity contribution in [1.29, 1.82) is 0 Å². The molecule has 0 atom stereocenters. The zero-order valence-electron chi connectivity index (χ0n) is 17.1. The molecule has 1 aliphatic heterocycles. The summed E-state index contributed by atoms with van der Waals surface area (Å²) in [6, 6.07) is 19.6. The topological polar surface area (TPSA) is 61.8 Å². The molecule has 0 aromatic heterocycles. The molecule has 31 heavy (non-hydrogen) atoms. The van der Waals surface area contributed by atoms with E-state index in [-0.39, 0.29) is 11.5 Å². The lowest BCUT2D eigenvalue weighted by Crippen LogP contribution is -2.08. The summed E-state index contributed by atoms with van der Waals surface area (Å²) in [6.45, 7) is 1.79. The zero-order chi connectivity index (χ0) is 21.8. The Morgan fingerprint density at radius 1 is 0.968 bits per heavy atom. The molecule has 0 radical (unpaired) electrons. The second-order valence-corrected chi connectivity index (χ2v) is 6.96. The molecule has 0 spiro atoms. The summed E-state index contributed by atoms with van der Waals surface area (Å²) < 4.78 is 16.3. The number of methoxy groups -OCH3 is 1. The van der Waals surface area contributed by atoms with Crippen LogP contribution in [0.15, 0.2) is 84.6 Å². The monoisotopic (exact) mass is 412 g/mol. The summed E-state index contributed by atoms with van der Waals surface area (Å²) >= 11 is 0. The Hall–Kier alpha value is -4.12. The number of benzene rings is 3. The van der Waals surface area contributed by atoms with Gasteiger partial charge in [-0.3, -0.25) is 4.79 Å². The van der Waals surface area contributed by atoms with Gasteiger partial charge in [-0.05, 0) is 54.5 Å². The van der Waals surface area contributed by atoms with Crippen LogP contribution in [0.5, 0.6) is 17.2 Å². The van der Waals surface area contributed by atoms with E-state index in [0.717, 1.165) is 5.56 Å². The number of rotatable bonds is 5. The Labute approximate surface area is 180 Å². The quantitative estimate of drug-likeness (QED) is 0.319. The number of aryl methyl sites for hydroxylation is 1. The second kappa shape index (κ2) is 8.71. The van der Waals surface area contributed by atoms with Crippen LogP contribution in [0.4, 0.5) is 0 Å². The van der Waals surface area contributed by atoms with Gasteiger partial charge in [-0.1, -0.05) is 42.5 Å². The number of ketones is 1. The molecule has 0 saturated carbocycles. The van der Waals surface area contributed by atoms with Gasteiger partial charge in [0, 0.05) is 6.07 Å². The summed E-state index contributed by atoms with van der Waals surface area (Å²) in [5.41, 5.74) is 2.56. The van der Waals surface area contributed by atoms with Crippen molar-refractivity contribution >= 4 is 17.8 Å². The third-order valence-electron chi connectivity index (χ3n) is 4.82. The van der Waals surface area contributed by atoms with Gasteiger partial charge in [0.1, 0.15) is 17.2 Å². The molecule has 0 fully saturated rings. The molecule has 1 heterocycles. The Bertz CT molecular complexity index is 1190. The van der Waals surface area contributed by atoms with Gasteiger partial charge in [-0.25, -0.2) is 4.79 Å². The third kappa shape index (κ3) is 4.41. The van der Waals surface area contributed by atoms with Crippen LogP contribution in [0, 0.1) is 6.92 Å². The molecule has 5 nitrogen and oxygen atoms in total. The summed E-state index contributed by atoms with van der Waals surface area (Å²) in [5.74, 6) is 0.861. The largest absolute Gasteiger partial charge is 0.497 e. The van der Waals surface area contributed by atoms with Crippen LogP contribution in [0.25, 0.3) is 6.08 Å². The minimum atomic E-state index is -0.507. The molecule has 3 aromatic rings. The summed E-state index contributed by atoms with van der Waals surface area (Å²) in [6.07, 6.45) is 5.30. The highest BCUT2D eigenvalue weighted by atomic mass is 16.5. The highest BCUT2D eigenvalue weighted by Gasteiger charge is 2.30. The van der Waals surface area contributed by atoms with E-state index in [1.165, 1.54) is 0 Å². The summed E-state index contributed by atoms with van der Waals surface area (Å²) in [5, 5.41) is 0. The first-order valence-electron chi connectivity index (χ1n) is 9.72. The molecule has 0 N–H and O–H groups in total. The van der Waals surface area contributed by atoms with Gasteiger partial charge in [-0.15, -0.1) is 0 Å². The van der Waals surface area contributed by atoms with E-state index >= 15 is 0 Å². The van der Waals surface area contributed by atoms with E-state index in [1.54, 1.807) is 62.6 Å². The fourth-order valence-electron chi connectivity index (χ4n) is 3.25. The van der Waals surface area contributed by atoms with E-state index < -0.39 is 5.97 Å². The number of allylic oxidation sites excluding steroid dienone is 3. The molecule has 0 amide bonds. The minimum Gasteiger partial charge on any atom is -0.497 e. The number of carbonyl (C=O) groups is 2. The molecular formula is C26H20O5. The number of hydrogen-bond acceptors (Lipinski definition) is 5. The number of carbonyl (C=O) groups excluding carboxylic acids is 2. The second-order valence-electron chi connectivity index (χ2n) is 6.96. The maximum Gasteiger partial charge on any atom is 0.343 e. The zero-order valence-corrected chi connectivity index (χ0v) is 17.1. The minimum absolute atomic E-state index is 0.196. The highest BCUT2D eigenvalue weighted by Crippen LogP contribution is 2.37. The van der Waals surface area contributed by atoms with Gasteiger partial charge < -0.3 is 14.2 Å². The number of fused-ring (bicyclic) bond motifs is 1. The van der Waals surface area contributed by atoms with E-state index in [9.17, 15) is 9.59 Å². The molecule has 154 valence electrons. The lowest BCUT2D eigenvalue weighted by Gasteiger charge is -2.08. The molecule has 0 bridgehead atoms. The molecule has 4 rings (SSSR count). The Kier molecular flexibility index (Phi) is 5.67. The first kappa shape index (κ1) is 20.2. The van der Waals surface area contributed by atoms with Crippen LogP contribution in [0.3, 0.4) is 0 Å². The fraction of sp³-hybridized carbons (Fsp3) is 0.0769. The van der Waals surface area contributed by atoms with Gasteiger partial charge in [0.2, 0.25) is 5.78 Å². The standard InChI is InChI=1S/C26H20O5/c1-17-15-21(30-26(28)19-11-13-20(29-2)14-12-19)16-23-24(17)25(27)22(31-23)10-6-9-18-7-4-3-5-8-18/h3-16H,1-2H3/b9-6+,22-10-. The van der Waals surface area contributed by atoms with Crippen molar-refractivity contribution in [2.75, 3.05) is 7.11 Å². The molecule has 0 saturated heterocycles. The third-order valence-corrected chi connectivity index (χ3v) is 4.82. The van der Waals surface area contributed by atoms with Crippen molar-refractivity contribution < 1.29 is 23.8 Å². The lowest BCUT2D eigenvalue weighted by molar-refractivity contribution is 0.0734. The van der Waals surface area contributed by atoms with Crippen LogP contribution < -0.4 is 14.2 Å². The SMILES string of the molecule is COc1ccc(C(=O)Oc2cc(C)c3c(c2)O/C(=C\C=C\c2ccccc2)C3=O)cc1. The Balaban J connectivity index is 1.52. The van der Waals surface area contributed by atoms with Gasteiger partial charge in [-0.2, -0.15) is 0 Å². The van der Waals surface area contributed by atoms with E-state index in [4.69, 9.17) is 14.2 Å². The van der Waals surface area contributed by atoms with E-state index in [2.05, 4.69) is 0 Å². The van der Waals surface area contributed by atoms with Crippen molar-refractivity contribution in [3.8, 4) is 17.2 Å². The van der Waals surface area contributed by atoms with Crippen molar-refractivity contribution in [3.63, 3.8) is 0 Å². The Morgan fingerprint density at radius 2 is 1.71 bits per heavy atom. The maximum atomic E-state index is 12.7. The molecule has 3 aromatic carbocycles. The van der Waals surface area contributed by atoms with Crippen LogP contribution in [0.2, 0.25) is 0 Å². The number of esters is 1. The average molecular weight is 412 g/mol. The van der Waals surface area contributed by atoms with Gasteiger partial charge in [0.15, 0.2) is 5.76 Å². The summed E-state index contributed by atoms with van der Waals surface area (Å²) in [4.78, 5) is 25.2. The van der Waals surface area contributed by atoms with Gasteiger partial charge >= 0.3 is 5.97 Å². The maximum absolute atomic E-state index is 12.7. The van der Waals surface area contributed by atoms with E-state index in [1.807, 2.05) is 36.4 Å². The van der Waals surface area contributed by atoms with Gasteiger partial charge in [0.25, 0.3) is 0 Å². The lowest BCUT2D eigenvalue weighted by atomic mass is 10.0. The van der Waals surface area contributed by atoms with Crippen LogP contribution >= 0.6 is 0 Å². The average Bonchev–Trinajstić information content (AvgIpc) is 3.10. The highest BCUT2D eigenvalue weighted by molar-refractivity contribution is 6.13. The predicted molar refractivity (Wildman–Crippen MR) is 118 cm³/mol. The van der Waals surface area contributed by atoms with E-state index in [0.29, 0.717) is 33.9 Å². The number of Topliss-reactive ketones (excluding diaryl/α,β-unsaturated/α-hetero) is 1. The van der Waals surface area contributed by atoms with Crippen LogP contribution in [0.1, 0.15) is 31.8 Å².